The molecule has 0 bridgehead atoms. The summed E-state index contributed by atoms with van der Waals surface area (Å²) < 4.78 is 6.15. The summed E-state index contributed by atoms with van der Waals surface area (Å²) in [5.74, 6) is -1.18. The molecule has 5 nitrogen and oxygen atoms in total. The number of carboxylic acids is 1. The van der Waals surface area contributed by atoms with E-state index >= 15 is 0 Å². The number of rotatable bonds is 4. The highest BCUT2D eigenvalue weighted by atomic mass is 79.9. The number of carbonyl (C=O) groups excluding carboxylic acids is 1. The molecule has 3 aromatic carbocycles. The molecule has 0 aliphatic heterocycles. The topological polar surface area (TPSA) is 75.6 Å². The van der Waals surface area contributed by atoms with E-state index in [1.165, 1.54) is 6.07 Å². The van der Waals surface area contributed by atoms with Gasteiger partial charge in [-0.1, -0.05) is 64.5 Å². The highest BCUT2D eigenvalue weighted by Gasteiger charge is 2.29. The van der Waals surface area contributed by atoms with Gasteiger partial charge in [0.05, 0.1) is 11.3 Å². The maximum Gasteiger partial charge on any atom is 0.411 e. The second-order valence-electron chi connectivity index (χ2n) is 6.90. The van der Waals surface area contributed by atoms with E-state index in [0.29, 0.717) is 4.47 Å². The minimum Gasteiger partial charge on any atom is -0.478 e. The lowest BCUT2D eigenvalue weighted by atomic mass is 9.98. The third-order valence-electron chi connectivity index (χ3n) is 5.11. The number of aryl methyl sites for hydroxylation is 1. The molecule has 0 fully saturated rings. The molecule has 1 amide bonds. The minimum absolute atomic E-state index is 0.00372. The zero-order valence-electron chi connectivity index (χ0n) is 15.6. The van der Waals surface area contributed by atoms with E-state index in [1.807, 2.05) is 43.3 Å². The lowest BCUT2D eigenvalue weighted by Crippen LogP contribution is -2.19. The molecule has 0 radical (unpaired) electrons. The number of nitrogens with one attached hydrogen (secondary N) is 1. The van der Waals surface area contributed by atoms with Gasteiger partial charge in [-0.2, -0.15) is 0 Å². The van der Waals surface area contributed by atoms with Crippen molar-refractivity contribution in [1.82, 2.24) is 0 Å². The SMILES string of the molecule is Cc1cc(NC(=O)OCC2c3ccccc3-c3ccccc32)c(C(=O)O)cc1Br. The molecular weight excluding hydrogens is 434 g/mol. The summed E-state index contributed by atoms with van der Waals surface area (Å²) in [4.78, 5) is 23.9. The first-order valence-electron chi connectivity index (χ1n) is 9.11. The lowest BCUT2D eigenvalue weighted by Gasteiger charge is -2.15. The molecule has 0 atom stereocenters. The fraction of sp³-hybridized carbons (Fsp3) is 0.130. The number of benzene rings is 3. The first-order valence-corrected chi connectivity index (χ1v) is 9.90. The number of hydrogen-bond donors (Lipinski definition) is 2. The molecule has 0 saturated carbocycles. The Kier molecular flexibility index (Phi) is 5.11. The Morgan fingerprint density at radius 1 is 1.03 bits per heavy atom. The van der Waals surface area contributed by atoms with Gasteiger partial charge < -0.3 is 9.84 Å². The fourth-order valence-corrected chi connectivity index (χ4v) is 4.05. The van der Waals surface area contributed by atoms with Crippen molar-refractivity contribution in [2.24, 2.45) is 0 Å². The molecule has 0 aromatic heterocycles. The molecule has 4 rings (SSSR count). The van der Waals surface area contributed by atoms with E-state index in [1.54, 1.807) is 6.07 Å². The number of fused-ring (bicyclic) bond motifs is 3. The number of anilines is 1. The van der Waals surface area contributed by atoms with Crippen molar-refractivity contribution in [3.8, 4) is 11.1 Å². The van der Waals surface area contributed by atoms with E-state index in [0.717, 1.165) is 27.8 Å². The van der Waals surface area contributed by atoms with Crippen LogP contribution in [-0.4, -0.2) is 23.8 Å². The molecule has 146 valence electrons. The van der Waals surface area contributed by atoms with Gasteiger partial charge in [0.1, 0.15) is 6.61 Å². The van der Waals surface area contributed by atoms with Crippen LogP contribution in [0.3, 0.4) is 0 Å². The molecule has 29 heavy (non-hydrogen) atoms. The fourth-order valence-electron chi connectivity index (χ4n) is 3.71. The van der Waals surface area contributed by atoms with Crippen LogP contribution < -0.4 is 5.32 Å². The maximum atomic E-state index is 12.4. The first kappa shape index (κ1) is 19.2. The lowest BCUT2D eigenvalue weighted by molar-refractivity contribution is 0.0698. The van der Waals surface area contributed by atoms with Gasteiger partial charge in [0.25, 0.3) is 0 Å². The van der Waals surface area contributed by atoms with Crippen molar-refractivity contribution < 1.29 is 19.4 Å². The second kappa shape index (κ2) is 7.72. The minimum atomic E-state index is -1.13. The Labute approximate surface area is 176 Å². The van der Waals surface area contributed by atoms with Crippen molar-refractivity contribution in [3.63, 3.8) is 0 Å². The number of carbonyl (C=O) groups is 2. The van der Waals surface area contributed by atoms with Gasteiger partial charge in [-0.05, 0) is 46.9 Å². The summed E-state index contributed by atoms with van der Waals surface area (Å²) >= 11 is 3.31. The van der Waals surface area contributed by atoms with E-state index in [2.05, 4.69) is 33.4 Å². The number of aromatic carboxylic acids is 1. The summed E-state index contributed by atoms with van der Waals surface area (Å²) in [6.45, 7) is 1.98. The third kappa shape index (κ3) is 3.63. The number of carboxylic acid groups (broad SMARTS) is 1. The van der Waals surface area contributed by atoms with Crippen molar-refractivity contribution in [2.75, 3.05) is 11.9 Å². The Balaban J connectivity index is 1.53. The first-order chi connectivity index (χ1) is 14.0. The van der Waals surface area contributed by atoms with Crippen LogP contribution in [0.2, 0.25) is 0 Å². The number of amides is 1. The predicted molar refractivity (Wildman–Crippen MR) is 115 cm³/mol. The molecule has 2 N–H and O–H groups in total. The number of halogens is 1. The molecular formula is C23H18BrNO4. The van der Waals surface area contributed by atoms with Crippen LogP contribution in [0.15, 0.2) is 65.1 Å². The summed E-state index contributed by atoms with van der Waals surface area (Å²) in [5, 5.41) is 12.0. The highest BCUT2D eigenvalue weighted by Crippen LogP contribution is 2.44. The largest absolute Gasteiger partial charge is 0.478 e. The standard InChI is InChI=1S/C23H18BrNO4/c1-13-10-21(18(22(26)27)11-20(13)24)25-23(28)29-12-19-16-8-4-2-6-14(16)15-7-3-5-9-17(15)19/h2-11,19H,12H2,1H3,(H,25,28)(H,26,27). The maximum absolute atomic E-state index is 12.4. The quantitative estimate of drug-likeness (QED) is 0.524. The van der Waals surface area contributed by atoms with Crippen LogP contribution in [0.25, 0.3) is 11.1 Å². The summed E-state index contributed by atoms with van der Waals surface area (Å²) in [7, 11) is 0. The highest BCUT2D eigenvalue weighted by molar-refractivity contribution is 9.10. The molecule has 1 aliphatic rings. The van der Waals surface area contributed by atoms with Gasteiger partial charge in [-0.15, -0.1) is 0 Å². The van der Waals surface area contributed by atoms with Crippen LogP contribution >= 0.6 is 15.9 Å². The zero-order valence-corrected chi connectivity index (χ0v) is 17.2. The van der Waals surface area contributed by atoms with Crippen LogP contribution in [0, 0.1) is 6.92 Å². The van der Waals surface area contributed by atoms with Gasteiger partial charge in [0.2, 0.25) is 0 Å². The monoisotopic (exact) mass is 451 g/mol. The number of hydrogen-bond acceptors (Lipinski definition) is 3. The van der Waals surface area contributed by atoms with Crippen LogP contribution in [0.1, 0.15) is 33.0 Å². The predicted octanol–water partition coefficient (Wildman–Crippen LogP) is 5.82. The van der Waals surface area contributed by atoms with Crippen LogP contribution in [0.5, 0.6) is 0 Å². The van der Waals surface area contributed by atoms with E-state index in [9.17, 15) is 14.7 Å². The van der Waals surface area contributed by atoms with Gasteiger partial charge in [0.15, 0.2) is 0 Å². The van der Waals surface area contributed by atoms with Gasteiger partial charge >= 0.3 is 12.1 Å². The summed E-state index contributed by atoms with van der Waals surface area (Å²) in [5.41, 5.74) is 5.54. The Bertz CT molecular complexity index is 1080. The Hall–Kier alpha value is -3.12. The van der Waals surface area contributed by atoms with Crippen LogP contribution in [-0.2, 0) is 4.74 Å². The van der Waals surface area contributed by atoms with Crippen molar-refractivity contribution in [1.29, 1.82) is 0 Å². The summed E-state index contributed by atoms with van der Waals surface area (Å²) in [6, 6.07) is 19.2. The number of ether oxygens (including phenoxy) is 1. The Morgan fingerprint density at radius 2 is 1.62 bits per heavy atom. The molecule has 1 aliphatic carbocycles. The molecule has 0 spiro atoms. The van der Waals surface area contributed by atoms with E-state index in [4.69, 9.17) is 4.74 Å². The Morgan fingerprint density at radius 3 is 2.21 bits per heavy atom. The second-order valence-corrected chi connectivity index (χ2v) is 7.76. The molecule has 0 heterocycles. The molecule has 3 aromatic rings. The third-order valence-corrected chi connectivity index (χ3v) is 5.96. The average Bonchev–Trinajstić information content (AvgIpc) is 3.03. The molecule has 6 heteroatoms. The smallest absolute Gasteiger partial charge is 0.411 e. The normalized spacial score (nSPS) is 12.2. The molecule has 0 unspecified atom stereocenters. The molecule has 0 saturated heterocycles. The van der Waals surface area contributed by atoms with E-state index in [-0.39, 0.29) is 23.8 Å². The van der Waals surface area contributed by atoms with Gasteiger partial charge in [0, 0.05) is 10.4 Å². The van der Waals surface area contributed by atoms with Crippen LogP contribution in [0.4, 0.5) is 10.5 Å². The van der Waals surface area contributed by atoms with E-state index < -0.39 is 12.1 Å². The summed E-state index contributed by atoms with van der Waals surface area (Å²) in [6.07, 6.45) is -0.684. The zero-order chi connectivity index (χ0) is 20.5. The van der Waals surface area contributed by atoms with Crippen molar-refractivity contribution in [3.05, 3.63) is 87.4 Å². The van der Waals surface area contributed by atoms with Crippen molar-refractivity contribution in [2.45, 2.75) is 12.8 Å². The van der Waals surface area contributed by atoms with Crippen molar-refractivity contribution >= 4 is 33.7 Å². The average molecular weight is 452 g/mol. The van der Waals surface area contributed by atoms with Gasteiger partial charge in [-0.25, -0.2) is 9.59 Å². The van der Waals surface area contributed by atoms with Gasteiger partial charge in [-0.3, -0.25) is 5.32 Å².